The normalized spacial score (nSPS) is 10.4. The highest BCUT2D eigenvalue weighted by molar-refractivity contribution is 5.53. The standard InChI is InChI=1S/C11H20N4/c1-12-10-7-11(9-13-8-10)14-5-4-6-15(2)3/h7-9,12,14H,4-6H2,1-3H3. The van der Waals surface area contributed by atoms with Gasteiger partial charge in [0.05, 0.1) is 23.8 Å². The molecular formula is C11H20N4. The highest BCUT2D eigenvalue weighted by Gasteiger charge is 1.95. The summed E-state index contributed by atoms with van der Waals surface area (Å²) in [6.45, 7) is 2.08. The molecule has 0 bridgehead atoms. The van der Waals surface area contributed by atoms with E-state index in [0.29, 0.717) is 0 Å². The molecule has 0 spiro atoms. The van der Waals surface area contributed by atoms with Gasteiger partial charge in [0, 0.05) is 13.6 Å². The molecule has 0 fully saturated rings. The largest absolute Gasteiger partial charge is 0.387 e. The topological polar surface area (TPSA) is 40.2 Å². The van der Waals surface area contributed by atoms with Gasteiger partial charge in [0.25, 0.3) is 0 Å². The average Bonchev–Trinajstić information content (AvgIpc) is 2.24. The quantitative estimate of drug-likeness (QED) is 0.695. The van der Waals surface area contributed by atoms with E-state index < -0.39 is 0 Å². The van der Waals surface area contributed by atoms with Crippen LogP contribution in [0.1, 0.15) is 6.42 Å². The molecule has 0 radical (unpaired) electrons. The van der Waals surface area contributed by atoms with Crippen molar-refractivity contribution in [3.63, 3.8) is 0 Å². The summed E-state index contributed by atoms with van der Waals surface area (Å²) in [5.41, 5.74) is 2.10. The Morgan fingerprint density at radius 1 is 1.27 bits per heavy atom. The molecule has 1 aromatic heterocycles. The van der Waals surface area contributed by atoms with Gasteiger partial charge in [0.2, 0.25) is 0 Å². The van der Waals surface area contributed by atoms with E-state index in [1.54, 1.807) is 0 Å². The zero-order valence-corrected chi connectivity index (χ0v) is 9.75. The van der Waals surface area contributed by atoms with Crippen LogP contribution in [0.5, 0.6) is 0 Å². The fraction of sp³-hybridized carbons (Fsp3) is 0.545. The van der Waals surface area contributed by atoms with Gasteiger partial charge in [-0.3, -0.25) is 4.98 Å². The average molecular weight is 208 g/mol. The lowest BCUT2D eigenvalue weighted by atomic mass is 10.3. The summed E-state index contributed by atoms with van der Waals surface area (Å²) in [4.78, 5) is 6.32. The molecule has 1 rings (SSSR count). The second kappa shape index (κ2) is 6.24. The maximum absolute atomic E-state index is 4.13. The number of nitrogens with zero attached hydrogens (tertiary/aromatic N) is 2. The molecule has 0 saturated carbocycles. The Morgan fingerprint density at radius 3 is 2.67 bits per heavy atom. The van der Waals surface area contributed by atoms with Crippen molar-refractivity contribution in [1.29, 1.82) is 0 Å². The maximum Gasteiger partial charge on any atom is 0.0547 e. The lowest BCUT2D eigenvalue weighted by molar-refractivity contribution is 0.405. The van der Waals surface area contributed by atoms with Crippen LogP contribution in [0.3, 0.4) is 0 Å². The van der Waals surface area contributed by atoms with E-state index in [0.717, 1.165) is 30.9 Å². The van der Waals surface area contributed by atoms with Gasteiger partial charge >= 0.3 is 0 Å². The summed E-state index contributed by atoms with van der Waals surface area (Å²) in [6, 6.07) is 2.06. The van der Waals surface area contributed by atoms with Crippen LogP contribution in [0, 0.1) is 0 Å². The van der Waals surface area contributed by atoms with Crippen LogP contribution in [0.4, 0.5) is 11.4 Å². The molecular weight excluding hydrogens is 188 g/mol. The van der Waals surface area contributed by atoms with Gasteiger partial charge in [0.1, 0.15) is 0 Å². The summed E-state index contributed by atoms with van der Waals surface area (Å²) in [6.07, 6.45) is 4.79. The Kier molecular flexibility index (Phi) is 4.90. The molecule has 0 saturated heterocycles. The Bertz CT molecular complexity index is 286. The van der Waals surface area contributed by atoms with Gasteiger partial charge in [-0.25, -0.2) is 0 Å². The Labute approximate surface area is 91.7 Å². The second-order valence-electron chi connectivity index (χ2n) is 3.80. The number of pyridine rings is 1. The van der Waals surface area contributed by atoms with Crippen molar-refractivity contribution >= 4 is 11.4 Å². The molecule has 0 aliphatic rings. The Balaban J connectivity index is 2.30. The number of anilines is 2. The third kappa shape index (κ3) is 4.65. The lowest BCUT2D eigenvalue weighted by Crippen LogP contribution is -2.16. The van der Waals surface area contributed by atoms with Gasteiger partial charge in [-0.2, -0.15) is 0 Å². The van der Waals surface area contributed by atoms with Crippen molar-refractivity contribution in [3.8, 4) is 0 Å². The van der Waals surface area contributed by atoms with Gasteiger partial charge in [-0.1, -0.05) is 0 Å². The smallest absolute Gasteiger partial charge is 0.0547 e. The minimum absolute atomic E-state index is 0.979. The molecule has 0 aliphatic carbocycles. The first kappa shape index (κ1) is 11.8. The number of nitrogens with one attached hydrogen (secondary N) is 2. The number of aromatic nitrogens is 1. The highest BCUT2D eigenvalue weighted by Crippen LogP contribution is 2.11. The Hall–Kier alpha value is -1.29. The summed E-state index contributed by atoms with van der Waals surface area (Å²) < 4.78 is 0. The van der Waals surface area contributed by atoms with E-state index in [1.807, 2.05) is 19.4 Å². The van der Waals surface area contributed by atoms with E-state index in [-0.39, 0.29) is 0 Å². The molecule has 84 valence electrons. The second-order valence-corrected chi connectivity index (χ2v) is 3.80. The summed E-state index contributed by atoms with van der Waals surface area (Å²) in [5.74, 6) is 0. The zero-order valence-electron chi connectivity index (χ0n) is 9.75. The Morgan fingerprint density at radius 2 is 2.00 bits per heavy atom. The monoisotopic (exact) mass is 208 g/mol. The molecule has 0 aliphatic heterocycles. The van der Waals surface area contributed by atoms with E-state index in [2.05, 4.69) is 40.7 Å². The molecule has 0 amide bonds. The minimum Gasteiger partial charge on any atom is -0.387 e. The summed E-state index contributed by atoms with van der Waals surface area (Å²) >= 11 is 0. The SMILES string of the molecule is CNc1cncc(NCCCN(C)C)c1. The predicted molar refractivity (Wildman–Crippen MR) is 65.4 cm³/mol. The van der Waals surface area contributed by atoms with Crippen molar-refractivity contribution in [1.82, 2.24) is 9.88 Å². The molecule has 15 heavy (non-hydrogen) atoms. The fourth-order valence-electron chi connectivity index (χ4n) is 1.30. The van der Waals surface area contributed by atoms with E-state index in [9.17, 15) is 0 Å². The molecule has 0 unspecified atom stereocenters. The van der Waals surface area contributed by atoms with Gasteiger partial charge in [-0.05, 0) is 33.1 Å². The lowest BCUT2D eigenvalue weighted by Gasteiger charge is -2.10. The summed E-state index contributed by atoms with van der Waals surface area (Å²) in [7, 11) is 6.07. The van der Waals surface area contributed by atoms with Crippen LogP contribution in [0.25, 0.3) is 0 Å². The van der Waals surface area contributed by atoms with Crippen molar-refractivity contribution < 1.29 is 0 Å². The first-order valence-electron chi connectivity index (χ1n) is 5.24. The van der Waals surface area contributed by atoms with Crippen LogP contribution < -0.4 is 10.6 Å². The van der Waals surface area contributed by atoms with Crippen LogP contribution in [0.2, 0.25) is 0 Å². The first-order chi connectivity index (χ1) is 7.22. The van der Waals surface area contributed by atoms with E-state index >= 15 is 0 Å². The number of hydrogen-bond donors (Lipinski definition) is 2. The predicted octanol–water partition coefficient (Wildman–Crippen LogP) is 1.49. The van der Waals surface area contributed by atoms with Crippen LogP contribution >= 0.6 is 0 Å². The zero-order chi connectivity index (χ0) is 11.1. The molecule has 1 heterocycles. The van der Waals surface area contributed by atoms with Crippen LogP contribution in [-0.2, 0) is 0 Å². The fourth-order valence-corrected chi connectivity index (χ4v) is 1.30. The molecule has 2 N–H and O–H groups in total. The first-order valence-corrected chi connectivity index (χ1v) is 5.24. The van der Waals surface area contributed by atoms with E-state index in [4.69, 9.17) is 0 Å². The maximum atomic E-state index is 4.13. The summed E-state index contributed by atoms with van der Waals surface area (Å²) in [5, 5.41) is 6.41. The minimum atomic E-state index is 0.979. The van der Waals surface area contributed by atoms with Crippen molar-refractivity contribution in [3.05, 3.63) is 18.5 Å². The van der Waals surface area contributed by atoms with Crippen molar-refractivity contribution in [2.75, 3.05) is 44.9 Å². The van der Waals surface area contributed by atoms with Gasteiger partial charge in [-0.15, -0.1) is 0 Å². The molecule has 1 aromatic rings. The third-order valence-corrected chi connectivity index (χ3v) is 2.14. The van der Waals surface area contributed by atoms with Crippen LogP contribution in [0.15, 0.2) is 18.5 Å². The molecule has 4 heteroatoms. The van der Waals surface area contributed by atoms with Crippen molar-refractivity contribution in [2.24, 2.45) is 0 Å². The van der Waals surface area contributed by atoms with Gasteiger partial charge in [0.15, 0.2) is 0 Å². The van der Waals surface area contributed by atoms with Gasteiger partial charge < -0.3 is 15.5 Å². The molecule has 0 aromatic carbocycles. The van der Waals surface area contributed by atoms with Crippen LogP contribution in [-0.4, -0.2) is 44.1 Å². The number of rotatable bonds is 6. The van der Waals surface area contributed by atoms with Crippen molar-refractivity contribution in [2.45, 2.75) is 6.42 Å². The highest BCUT2D eigenvalue weighted by atomic mass is 15.1. The number of hydrogen-bond acceptors (Lipinski definition) is 4. The van der Waals surface area contributed by atoms with E-state index in [1.165, 1.54) is 0 Å². The molecule has 4 nitrogen and oxygen atoms in total. The molecule has 0 atom stereocenters. The third-order valence-electron chi connectivity index (χ3n) is 2.14.